The van der Waals surface area contributed by atoms with Crippen LogP contribution in [0.3, 0.4) is 0 Å². The van der Waals surface area contributed by atoms with E-state index < -0.39 is 10.1 Å². The second kappa shape index (κ2) is 8.88. The van der Waals surface area contributed by atoms with Gasteiger partial charge in [-0.15, -0.1) is 11.8 Å². The molecule has 0 aliphatic carbocycles. The van der Waals surface area contributed by atoms with Crippen molar-refractivity contribution in [3.63, 3.8) is 0 Å². The van der Waals surface area contributed by atoms with Gasteiger partial charge in [-0.2, -0.15) is 8.42 Å². The van der Waals surface area contributed by atoms with Crippen LogP contribution < -0.4 is 4.18 Å². The van der Waals surface area contributed by atoms with Gasteiger partial charge >= 0.3 is 10.1 Å². The highest BCUT2D eigenvalue weighted by Gasteiger charge is 2.15. The largest absolute Gasteiger partial charge is 0.383 e. The summed E-state index contributed by atoms with van der Waals surface area (Å²) in [6.07, 6.45) is 7.83. The van der Waals surface area contributed by atoms with Crippen LogP contribution in [-0.2, 0) is 23.0 Å². The molecule has 0 fully saturated rings. The summed E-state index contributed by atoms with van der Waals surface area (Å²) in [5, 5.41) is 0. The first-order chi connectivity index (χ1) is 12.5. The molecule has 0 radical (unpaired) electrons. The summed E-state index contributed by atoms with van der Waals surface area (Å²) >= 11 is 1.85. The summed E-state index contributed by atoms with van der Waals surface area (Å²) in [7, 11) is -3.48. The number of pyridine rings is 1. The number of hydrogen-bond donors (Lipinski definition) is 0. The predicted molar refractivity (Wildman–Crippen MR) is 105 cm³/mol. The minimum absolute atomic E-state index is 0.410. The van der Waals surface area contributed by atoms with Gasteiger partial charge in [0.05, 0.1) is 6.26 Å². The molecule has 2 aromatic rings. The van der Waals surface area contributed by atoms with Crippen LogP contribution in [0.4, 0.5) is 0 Å². The van der Waals surface area contributed by atoms with Crippen molar-refractivity contribution in [1.29, 1.82) is 0 Å². The smallest absolute Gasteiger partial charge is 0.306 e. The third-order valence-corrected chi connectivity index (χ3v) is 5.90. The maximum absolute atomic E-state index is 11.3. The Morgan fingerprint density at radius 1 is 1.19 bits per heavy atom. The van der Waals surface area contributed by atoms with Crippen molar-refractivity contribution in [2.24, 2.45) is 0 Å². The number of rotatable bonds is 7. The molecule has 0 amide bonds. The lowest BCUT2D eigenvalue weighted by Crippen LogP contribution is -2.27. The first-order valence-corrected chi connectivity index (χ1v) is 11.6. The van der Waals surface area contributed by atoms with Gasteiger partial charge in [0.25, 0.3) is 0 Å². The molecule has 2 heterocycles. The Hall–Kier alpha value is -1.57. The normalized spacial score (nSPS) is 15.3. The zero-order chi connectivity index (χ0) is 18.4. The number of hydrogen-bond acceptors (Lipinski definition) is 6. The number of aromatic nitrogens is 1. The molecule has 26 heavy (non-hydrogen) atoms. The van der Waals surface area contributed by atoms with Crippen LogP contribution >= 0.6 is 11.8 Å². The fourth-order valence-electron chi connectivity index (χ4n) is 3.11. The third-order valence-electron chi connectivity index (χ3n) is 4.34. The van der Waals surface area contributed by atoms with Gasteiger partial charge in [-0.1, -0.05) is 6.07 Å². The van der Waals surface area contributed by atoms with Crippen LogP contribution in [0.25, 0.3) is 0 Å². The van der Waals surface area contributed by atoms with Crippen LogP contribution in [-0.4, -0.2) is 49.9 Å². The van der Waals surface area contributed by atoms with Crippen LogP contribution in [0.1, 0.15) is 17.5 Å². The maximum Gasteiger partial charge on any atom is 0.306 e. The Morgan fingerprint density at radius 2 is 2.00 bits per heavy atom. The van der Waals surface area contributed by atoms with E-state index in [1.54, 1.807) is 12.3 Å². The average Bonchev–Trinajstić information content (AvgIpc) is 2.80. The first-order valence-electron chi connectivity index (χ1n) is 8.76. The molecule has 1 aliphatic rings. The summed E-state index contributed by atoms with van der Waals surface area (Å²) in [6, 6.07) is 9.68. The van der Waals surface area contributed by atoms with Gasteiger partial charge in [0.2, 0.25) is 0 Å². The van der Waals surface area contributed by atoms with E-state index in [-0.39, 0.29) is 0 Å². The molecule has 0 atom stereocenters. The highest BCUT2D eigenvalue weighted by molar-refractivity contribution is 7.99. The zero-order valence-electron chi connectivity index (χ0n) is 14.9. The maximum atomic E-state index is 11.3. The van der Waals surface area contributed by atoms with Gasteiger partial charge < -0.3 is 9.08 Å². The van der Waals surface area contributed by atoms with Gasteiger partial charge in [-0.05, 0) is 67.0 Å². The molecule has 0 spiro atoms. The lowest BCUT2D eigenvalue weighted by Gasteiger charge is -2.19. The fraction of sp³-hybridized carbons (Fsp3) is 0.421. The molecule has 7 heteroatoms. The van der Waals surface area contributed by atoms with Crippen molar-refractivity contribution in [2.75, 3.05) is 31.6 Å². The molecule has 1 aromatic heterocycles. The minimum Gasteiger partial charge on any atom is -0.383 e. The van der Waals surface area contributed by atoms with Gasteiger partial charge in [-0.25, -0.2) is 0 Å². The van der Waals surface area contributed by atoms with Crippen molar-refractivity contribution in [1.82, 2.24) is 9.88 Å². The Kier molecular flexibility index (Phi) is 6.56. The highest BCUT2D eigenvalue weighted by Crippen LogP contribution is 2.23. The van der Waals surface area contributed by atoms with Crippen LogP contribution in [0.15, 0.2) is 47.6 Å². The summed E-state index contributed by atoms with van der Waals surface area (Å²) in [5.41, 5.74) is 2.48. The molecule has 0 bridgehead atoms. The average molecular weight is 393 g/mol. The molecule has 5 nitrogen and oxygen atoms in total. The lowest BCUT2D eigenvalue weighted by atomic mass is 10.0. The van der Waals surface area contributed by atoms with Crippen molar-refractivity contribution in [3.05, 3.63) is 53.9 Å². The molecule has 3 rings (SSSR count). The molecule has 140 valence electrons. The Balaban J connectivity index is 1.48. The summed E-state index contributed by atoms with van der Waals surface area (Å²) in [6.45, 7) is 3.11. The molecular formula is C19H24N2O3S2. The van der Waals surface area contributed by atoms with Crippen LogP contribution in [0, 0.1) is 0 Å². The van der Waals surface area contributed by atoms with E-state index in [1.165, 1.54) is 16.0 Å². The van der Waals surface area contributed by atoms with Gasteiger partial charge in [0, 0.05) is 30.4 Å². The van der Waals surface area contributed by atoms with Crippen LogP contribution in [0.2, 0.25) is 0 Å². The summed E-state index contributed by atoms with van der Waals surface area (Å²) < 4.78 is 27.6. The summed E-state index contributed by atoms with van der Waals surface area (Å²) in [5.74, 6) is 1.49. The molecule has 0 N–H and O–H groups in total. The van der Waals surface area contributed by atoms with Crippen molar-refractivity contribution < 1.29 is 12.6 Å². The second-order valence-electron chi connectivity index (χ2n) is 6.45. The fourth-order valence-corrected chi connectivity index (χ4v) is 4.38. The van der Waals surface area contributed by atoms with Gasteiger partial charge in [-0.3, -0.25) is 4.98 Å². The standard InChI is InChI=1S/C19H24N2O3S2/c1-26(22,23)24-18-6-5-16-7-11-21(12-8-17(16)14-18)10-3-13-25-19-4-2-9-20-15-19/h2,4-6,9,14-15H,3,7-8,10-13H2,1H3. The molecule has 0 saturated heterocycles. The topological polar surface area (TPSA) is 59.5 Å². The van der Waals surface area contributed by atoms with E-state index in [1.807, 2.05) is 36.2 Å². The Bertz CT molecular complexity index is 826. The van der Waals surface area contributed by atoms with E-state index in [0.29, 0.717) is 5.75 Å². The molecular weight excluding hydrogens is 368 g/mol. The van der Waals surface area contributed by atoms with E-state index in [4.69, 9.17) is 4.18 Å². The molecule has 0 unspecified atom stereocenters. The Labute approximate surface area is 159 Å². The Morgan fingerprint density at radius 3 is 2.73 bits per heavy atom. The van der Waals surface area contributed by atoms with Crippen molar-refractivity contribution in [3.8, 4) is 5.75 Å². The third kappa shape index (κ3) is 6.00. The first kappa shape index (κ1) is 19.2. The quantitative estimate of drug-likeness (QED) is 0.410. The SMILES string of the molecule is CS(=O)(=O)Oc1ccc2c(c1)CCN(CCCSc1cccnc1)CC2. The van der Waals surface area contributed by atoms with E-state index >= 15 is 0 Å². The molecule has 0 saturated carbocycles. The number of nitrogens with zero attached hydrogens (tertiary/aromatic N) is 2. The van der Waals surface area contributed by atoms with Crippen LogP contribution in [0.5, 0.6) is 5.75 Å². The zero-order valence-corrected chi connectivity index (χ0v) is 16.6. The molecule has 1 aliphatic heterocycles. The number of benzene rings is 1. The van der Waals surface area contributed by atoms with Gasteiger partial charge in [0.15, 0.2) is 0 Å². The predicted octanol–water partition coefficient (Wildman–Crippen LogP) is 3.00. The van der Waals surface area contributed by atoms with E-state index in [0.717, 1.165) is 50.9 Å². The monoisotopic (exact) mass is 392 g/mol. The van der Waals surface area contributed by atoms with Crippen molar-refractivity contribution in [2.45, 2.75) is 24.2 Å². The van der Waals surface area contributed by atoms with E-state index in [2.05, 4.69) is 16.0 Å². The molecule has 1 aromatic carbocycles. The van der Waals surface area contributed by atoms with E-state index in [9.17, 15) is 8.42 Å². The number of fused-ring (bicyclic) bond motifs is 1. The highest BCUT2D eigenvalue weighted by atomic mass is 32.2. The summed E-state index contributed by atoms with van der Waals surface area (Å²) in [4.78, 5) is 7.84. The minimum atomic E-state index is -3.48. The second-order valence-corrected chi connectivity index (χ2v) is 9.19. The number of thioether (sulfide) groups is 1. The van der Waals surface area contributed by atoms with Gasteiger partial charge in [0.1, 0.15) is 5.75 Å². The lowest BCUT2D eigenvalue weighted by molar-refractivity contribution is 0.289. The van der Waals surface area contributed by atoms with Crippen molar-refractivity contribution >= 4 is 21.9 Å².